The highest BCUT2D eigenvalue weighted by molar-refractivity contribution is 6.28. The molecule has 1 aromatic carbocycles. The van der Waals surface area contributed by atoms with E-state index >= 15 is 0 Å². The Labute approximate surface area is 137 Å². The van der Waals surface area contributed by atoms with Gasteiger partial charge in [-0.15, -0.1) is 0 Å². The monoisotopic (exact) mass is 318 g/mol. The van der Waals surface area contributed by atoms with Gasteiger partial charge in [0.25, 0.3) is 0 Å². The van der Waals surface area contributed by atoms with Crippen molar-refractivity contribution in [1.82, 2.24) is 9.97 Å². The van der Waals surface area contributed by atoms with E-state index in [1.165, 1.54) is 32.1 Å². The van der Waals surface area contributed by atoms with Gasteiger partial charge in [0.05, 0.1) is 6.61 Å². The Hall–Kier alpha value is -1.61. The van der Waals surface area contributed by atoms with E-state index in [9.17, 15) is 0 Å². The molecule has 0 saturated heterocycles. The highest BCUT2D eigenvalue weighted by atomic mass is 35.5. The Balaban J connectivity index is 1.74. The Morgan fingerprint density at radius 2 is 1.50 bits per heavy atom. The molecule has 3 nitrogen and oxygen atoms in total. The molecule has 4 heteroatoms. The maximum atomic E-state index is 5.77. The number of rotatable bonds is 9. The first-order chi connectivity index (χ1) is 10.8. The topological polar surface area (TPSA) is 35.0 Å². The van der Waals surface area contributed by atoms with Gasteiger partial charge in [-0.3, -0.25) is 0 Å². The van der Waals surface area contributed by atoms with Crippen LogP contribution in [0.4, 0.5) is 0 Å². The fourth-order valence-corrected chi connectivity index (χ4v) is 2.37. The quantitative estimate of drug-likeness (QED) is 0.450. The van der Waals surface area contributed by atoms with E-state index < -0.39 is 0 Å². The van der Waals surface area contributed by atoms with Crippen molar-refractivity contribution in [2.75, 3.05) is 6.61 Å². The van der Waals surface area contributed by atoms with Gasteiger partial charge in [0, 0.05) is 18.0 Å². The zero-order valence-corrected chi connectivity index (χ0v) is 13.9. The van der Waals surface area contributed by atoms with Crippen LogP contribution in [0.2, 0.25) is 5.28 Å². The summed E-state index contributed by atoms with van der Waals surface area (Å²) in [6.07, 6.45) is 11.1. The largest absolute Gasteiger partial charge is 0.494 e. The standard InChI is InChI=1S/C18H23ClN2O/c1-2-3-4-5-6-7-12-22-17-10-8-15(9-11-17)16-13-20-18(19)21-14-16/h8-11,13-14H,2-7,12H2,1H3. The molecule has 118 valence electrons. The van der Waals surface area contributed by atoms with Crippen LogP contribution in [0, 0.1) is 0 Å². The molecular weight excluding hydrogens is 296 g/mol. The second-order valence-corrected chi connectivity index (χ2v) is 5.72. The molecule has 22 heavy (non-hydrogen) atoms. The van der Waals surface area contributed by atoms with Gasteiger partial charge in [-0.2, -0.15) is 0 Å². The summed E-state index contributed by atoms with van der Waals surface area (Å²) in [7, 11) is 0. The second kappa shape index (κ2) is 9.42. The molecule has 0 N–H and O–H groups in total. The van der Waals surface area contributed by atoms with Gasteiger partial charge < -0.3 is 4.74 Å². The van der Waals surface area contributed by atoms with E-state index in [0.29, 0.717) is 0 Å². The minimum atomic E-state index is 0.266. The van der Waals surface area contributed by atoms with Crippen molar-refractivity contribution >= 4 is 11.6 Å². The van der Waals surface area contributed by atoms with E-state index in [0.717, 1.165) is 29.9 Å². The average Bonchev–Trinajstić information content (AvgIpc) is 2.55. The van der Waals surface area contributed by atoms with Crippen molar-refractivity contribution in [3.8, 4) is 16.9 Å². The van der Waals surface area contributed by atoms with Crippen LogP contribution in [0.3, 0.4) is 0 Å². The molecule has 1 aromatic heterocycles. The zero-order valence-electron chi connectivity index (χ0n) is 13.1. The third kappa shape index (κ3) is 5.64. The van der Waals surface area contributed by atoms with Crippen LogP contribution in [0.5, 0.6) is 5.75 Å². The predicted molar refractivity (Wildman–Crippen MR) is 91.3 cm³/mol. The molecule has 0 amide bonds. The van der Waals surface area contributed by atoms with E-state index in [1.54, 1.807) is 12.4 Å². The van der Waals surface area contributed by atoms with Crippen molar-refractivity contribution in [1.29, 1.82) is 0 Å². The van der Waals surface area contributed by atoms with E-state index in [2.05, 4.69) is 16.9 Å². The summed E-state index contributed by atoms with van der Waals surface area (Å²) in [5.74, 6) is 0.909. The van der Waals surface area contributed by atoms with Crippen LogP contribution < -0.4 is 4.74 Å². The van der Waals surface area contributed by atoms with Crippen LogP contribution in [0.1, 0.15) is 45.4 Å². The lowest BCUT2D eigenvalue weighted by Gasteiger charge is -2.07. The minimum absolute atomic E-state index is 0.266. The Bertz CT molecular complexity index is 540. The van der Waals surface area contributed by atoms with Crippen molar-refractivity contribution < 1.29 is 4.74 Å². The minimum Gasteiger partial charge on any atom is -0.494 e. The van der Waals surface area contributed by atoms with Gasteiger partial charge in [-0.05, 0) is 35.7 Å². The molecule has 0 spiro atoms. The first kappa shape index (κ1) is 16.8. The lowest BCUT2D eigenvalue weighted by molar-refractivity contribution is 0.304. The van der Waals surface area contributed by atoms with Crippen LogP contribution in [0.15, 0.2) is 36.7 Å². The maximum Gasteiger partial charge on any atom is 0.222 e. The van der Waals surface area contributed by atoms with Crippen molar-refractivity contribution in [2.45, 2.75) is 45.4 Å². The van der Waals surface area contributed by atoms with Crippen LogP contribution in [0.25, 0.3) is 11.1 Å². The molecule has 0 aliphatic carbocycles. The highest BCUT2D eigenvalue weighted by Gasteiger charge is 2.00. The lowest BCUT2D eigenvalue weighted by Crippen LogP contribution is -1.97. The van der Waals surface area contributed by atoms with E-state index in [4.69, 9.17) is 16.3 Å². The zero-order chi connectivity index (χ0) is 15.6. The number of aromatic nitrogens is 2. The Kier molecular flexibility index (Phi) is 7.17. The van der Waals surface area contributed by atoms with Crippen molar-refractivity contribution in [2.24, 2.45) is 0 Å². The summed E-state index contributed by atoms with van der Waals surface area (Å²) in [5.41, 5.74) is 2.01. The smallest absolute Gasteiger partial charge is 0.222 e. The maximum absolute atomic E-state index is 5.77. The van der Waals surface area contributed by atoms with Gasteiger partial charge in [0.1, 0.15) is 5.75 Å². The van der Waals surface area contributed by atoms with Gasteiger partial charge in [0.15, 0.2) is 0 Å². The fourth-order valence-electron chi connectivity index (χ4n) is 2.28. The molecule has 0 aliphatic rings. The van der Waals surface area contributed by atoms with E-state index in [-0.39, 0.29) is 5.28 Å². The average molecular weight is 319 g/mol. The first-order valence-electron chi connectivity index (χ1n) is 8.00. The van der Waals surface area contributed by atoms with Gasteiger partial charge in [0.2, 0.25) is 5.28 Å². The Morgan fingerprint density at radius 1 is 0.864 bits per heavy atom. The van der Waals surface area contributed by atoms with Gasteiger partial charge in [-0.1, -0.05) is 51.2 Å². The van der Waals surface area contributed by atoms with Crippen molar-refractivity contribution in [3.63, 3.8) is 0 Å². The van der Waals surface area contributed by atoms with Crippen LogP contribution in [-0.4, -0.2) is 16.6 Å². The summed E-state index contributed by atoms with van der Waals surface area (Å²) >= 11 is 5.69. The lowest BCUT2D eigenvalue weighted by atomic mass is 10.1. The summed E-state index contributed by atoms with van der Waals surface area (Å²) in [4.78, 5) is 7.98. The molecule has 0 bridgehead atoms. The molecule has 0 radical (unpaired) electrons. The van der Waals surface area contributed by atoms with E-state index in [1.807, 2.05) is 24.3 Å². The molecule has 0 aliphatic heterocycles. The number of unbranched alkanes of at least 4 members (excludes halogenated alkanes) is 5. The van der Waals surface area contributed by atoms with Gasteiger partial charge in [-0.25, -0.2) is 9.97 Å². The van der Waals surface area contributed by atoms with Crippen LogP contribution >= 0.6 is 11.6 Å². The SMILES string of the molecule is CCCCCCCCOc1ccc(-c2cnc(Cl)nc2)cc1. The number of nitrogens with zero attached hydrogens (tertiary/aromatic N) is 2. The number of ether oxygens (including phenoxy) is 1. The molecule has 2 rings (SSSR count). The summed E-state index contributed by atoms with van der Waals surface area (Å²) in [6, 6.07) is 8.01. The molecule has 0 atom stereocenters. The van der Waals surface area contributed by atoms with Gasteiger partial charge >= 0.3 is 0 Å². The Morgan fingerprint density at radius 3 is 2.18 bits per heavy atom. The molecule has 2 aromatic rings. The highest BCUT2D eigenvalue weighted by Crippen LogP contribution is 2.21. The molecule has 0 unspecified atom stereocenters. The summed E-state index contributed by atoms with van der Waals surface area (Å²) in [6.45, 7) is 3.03. The van der Waals surface area contributed by atoms with Crippen molar-refractivity contribution in [3.05, 3.63) is 41.9 Å². The number of hydrogen-bond acceptors (Lipinski definition) is 3. The molecule has 1 heterocycles. The third-order valence-corrected chi connectivity index (χ3v) is 3.77. The predicted octanol–water partition coefficient (Wildman–Crippen LogP) is 5.54. The normalized spacial score (nSPS) is 10.6. The number of hydrogen-bond donors (Lipinski definition) is 0. The van der Waals surface area contributed by atoms with Crippen LogP contribution in [-0.2, 0) is 0 Å². The second-order valence-electron chi connectivity index (χ2n) is 5.38. The fraction of sp³-hybridized carbons (Fsp3) is 0.444. The number of benzene rings is 1. The summed E-state index contributed by atoms with van der Waals surface area (Å²) < 4.78 is 5.77. The first-order valence-corrected chi connectivity index (χ1v) is 8.38. The number of halogens is 1. The molecular formula is C18H23ClN2O. The molecule has 0 saturated carbocycles. The third-order valence-electron chi connectivity index (χ3n) is 3.57. The summed E-state index contributed by atoms with van der Waals surface area (Å²) in [5, 5.41) is 0.266. The molecule has 0 fully saturated rings.